The number of anilines is 1. The largest absolute Gasteiger partial charge is 0.398 e. The first-order valence-corrected chi connectivity index (χ1v) is 7.94. The van der Waals surface area contributed by atoms with Crippen molar-refractivity contribution in [3.8, 4) is 0 Å². The molecule has 1 unspecified atom stereocenters. The fourth-order valence-corrected chi connectivity index (χ4v) is 4.38. The molecule has 106 valence electrons. The standard InChI is InChI=1S/C13H19FN2O2S/c1-10-6-3-2-4-9-16(10)19(17,18)13-11(14)7-5-8-12(13)15/h5,7-8,10H,2-4,6,9,15H2,1H3. The van der Waals surface area contributed by atoms with E-state index in [0.717, 1.165) is 31.7 Å². The Morgan fingerprint density at radius 3 is 2.74 bits per heavy atom. The van der Waals surface area contributed by atoms with Crippen LogP contribution in [-0.4, -0.2) is 25.3 Å². The van der Waals surface area contributed by atoms with E-state index in [1.807, 2.05) is 6.92 Å². The number of nitrogen functional groups attached to an aromatic ring is 1. The van der Waals surface area contributed by atoms with Gasteiger partial charge < -0.3 is 5.73 Å². The van der Waals surface area contributed by atoms with Gasteiger partial charge in [-0.25, -0.2) is 12.8 Å². The minimum Gasteiger partial charge on any atom is -0.398 e. The van der Waals surface area contributed by atoms with Gasteiger partial charge in [-0.3, -0.25) is 0 Å². The second kappa shape index (κ2) is 5.46. The second-order valence-electron chi connectivity index (χ2n) is 4.97. The Bertz CT molecular complexity index is 540. The van der Waals surface area contributed by atoms with Crippen LogP contribution in [0.15, 0.2) is 23.1 Å². The summed E-state index contributed by atoms with van der Waals surface area (Å²) < 4.78 is 40.4. The fourth-order valence-electron chi connectivity index (χ4n) is 2.52. The predicted octanol–water partition coefficient (Wildman–Crippen LogP) is 2.36. The smallest absolute Gasteiger partial charge is 0.248 e. The Morgan fingerprint density at radius 1 is 1.32 bits per heavy atom. The number of rotatable bonds is 2. The van der Waals surface area contributed by atoms with E-state index in [9.17, 15) is 12.8 Å². The Labute approximate surface area is 113 Å². The molecule has 2 N–H and O–H groups in total. The molecule has 1 heterocycles. The van der Waals surface area contributed by atoms with Crippen molar-refractivity contribution in [3.63, 3.8) is 0 Å². The van der Waals surface area contributed by atoms with E-state index >= 15 is 0 Å². The number of hydrogen-bond acceptors (Lipinski definition) is 3. The molecular formula is C13H19FN2O2S. The molecule has 2 rings (SSSR count). The minimum absolute atomic E-state index is 0.0311. The second-order valence-corrected chi connectivity index (χ2v) is 6.80. The number of hydrogen-bond donors (Lipinski definition) is 1. The van der Waals surface area contributed by atoms with Gasteiger partial charge in [0.2, 0.25) is 10.0 Å². The summed E-state index contributed by atoms with van der Waals surface area (Å²) in [6.07, 6.45) is 3.61. The highest BCUT2D eigenvalue weighted by molar-refractivity contribution is 7.89. The van der Waals surface area contributed by atoms with Crippen molar-refractivity contribution in [1.29, 1.82) is 0 Å². The fraction of sp³-hybridized carbons (Fsp3) is 0.538. The molecule has 19 heavy (non-hydrogen) atoms. The van der Waals surface area contributed by atoms with Crippen LogP contribution in [0.4, 0.5) is 10.1 Å². The molecule has 1 atom stereocenters. The highest BCUT2D eigenvalue weighted by Gasteiger charge is 2.33. The van der Waals surface area contributed by atoms with Crippen molar-refractivity contribution in [2.75, 3.05) is 12.3 Å². The molecule has 0 radical (unpaired) electrons. The maximum atomic E-state index is 13.8. The van der Waals surface area contributed by atoms with E-state index in [2.05, 4.69) is 0 Å². The van der Waals surface area contributed by atoms with Gasteiger partial charge in [-0.15, -0.1) is 0 Å². The predicted molar refractivity (Wildman–Crippen MR) is 72.6 cm³/mol. The molecule has 1 aromatic rings. The first-order chi connectivity index (χ1) is 8.94. The van der Waals surface area contributed by atoms with Crippen molar-refractivity contribution in [1.82, 2.24) is 4.31 Å². The van der Waals surface area contributed by atoms with E-state index in [0.29, 0.717) is 6.54 Å². The van der Waals surface area contributed by atoms with Crippen LogP contribution in [0.5, 0.6) is 0 Å². The molecule has 0 saturated carbocycles. The molecule has 0 aromatic heterocycles. The van der Waals surface area contributed by atoms with E-state index < -0.39 is 15.8 Å². The zero-order chi connectivity index (χ0) is 14.0. The van der Waals surface area contributed by atoms with Crippen molar-refractivity contribution in [2.24, 2.45) is 0 Å². The lowest BCUT2D eigenvalue weighted by molar-refractivity contribution is 0.340. The summed E-state index contributed by atoms with van der Waals surface area (Å²) in [4.78, 5) is -0.385. The molecule has 1 saturated heterocycles. The molecule has 4 nitrogen and oxygen atoms in total. The minimum atomic E-state index is -3.86. The summed E-state index contributed by atoms with van der Waals surface area (Å²) >= 11 is 0. The Hall–Kier alpha value is -1.14. The first-order valence-electron chi connectivity index (χ1n) is 6.50. The molecule has 1 aliphatic heterocycles. The highest BCUT2D eigenvalue weighted by atomic mass is 32.2. The number of nitrogens with two attached hydrogens (primary N) is 1. The average Bonchev–Trinajstić information content (AvgIpc) is 2.53. The van der Waals surface area contributed by atoms with Gasteiger partial charge in [-0.1, -0.05) is 18.9 Å². The number of nitrogens with zero attached hydrogens (tertiary/aromatic N) is 1. The molecule has 0 spiro atoms. The van der Waals surface area contributed by atoms with Crippen LogP contribution >= 0.6 is 0 Å². The maximum absolute atomic E-state index is 13.8. The van der Waals surface area contributed by atoms with Crippen LogP contribution in [0, 0.1) is 5.82 Å². The van der Waals surface area contributed by atoms with E-state index in [1.165, 1.54) is 16.4 Å². The van der Waals surface area contributed by atoms with Crippen LogP contribution in [0.2, 0.25) is 0 Å². The van der Waals surface area contributed by atoms with Crippen LogP contribution < -0.4 is 5.73 Å². The number of sulfonamides is 1. The average molecular weight is 286 g/mol. The third-order valence-electron chi connectivity index (χ3n) is 3.56. The Balaban J connectivity index is 2.46. The lowest BCUT2D eigenvalue weighted by atomic mass is 10.1. The number of benzene rings is 1. The molecule has 0 amide bonds. The summed E-state index contributed by atoms with van der Waals surface area (Å²) in [5, 5.41) is 0. The van der Waals surface area contributed by atoms with Gasteiger partial charge in [0.05, 0.1) is 5.69 Å². The van der Waals surface area contributed by atoms with E-state index in [4.69, 9.17) is 5.73 Å². The van der Waals surface area contributed by atoms with Crippen LogP contribution in [0.1, 0.15) is 32.6 Å². The van der Waals surface area contributed by atoms with Crippen molar-refractivity contribution >= 4 is 15.7 Å². The number of halogens is 1. The molecule has 0 bridgehead atoms. The molecule has 1 aromatic carbocycles. The molecule has 0 aliphatic carbocycles. The summed E-state index contributed by atoms with van der Waals surface area (Å²) in [5.41, 5.74) is 5.62. The van der Waals surface area contributed by atoms with Crippen molar-refractivity contribution in [2.45, 2.75) is 43.5 Å². The molecule has 6 heteroatoms. The lowest BCUT2D eigenvalue weighted by Crippen LogP contribution is -2.38. The first kappa shape index (κ1) is 14.3. The normalized spacial score (nSPS) is 22.1. The van der Waals surface area contributed by atoms with Crippen LogP contribution in [0.25, 0.3) is 0 Å². The third-order valence-corrected chi connectivity index (χ3v) is 5.66. The van der Waals surface area contributed by atoms with Crippen molar-refractivity contribution < 1.29 is 12.8 Å². The summed E-state index contributed by atoms with van der Waals surface area (Å²) in [5.74, 6) is -0.781. The van der Waals surface area contributed by atoms with Crippen molar-refractivity contribution in [3.05, 3.63) is 24.0 Å². The van der Waals surface area contributed by atoms with E-state index in [1.54, 1.807) is 0 Å². The zero-order valence-corrected chi connectivity index (χ0v) is 11.8. The van der Waals surface area contributed by atoms with Gasteiger partial charge >= 0.3 is 0 Å². The molecular weight excluding hydrogens is 267 g/mol. The summed E-state index contributed by atoms with van der Waals surface area (Å²) in [6, 6.07) is 3.84. The lowest BCUT2D eigenvalue weighted by Gasteiger charge is -2.26. The van der Waals surface area contributed by atoms with E-state index in [-0.39, 0.29) is 16.6 Å². The van der Waals surface area contributed by atoms with Gasteiger partial charge in [-0.2, -0.15) is 4.31 Å². The van der Waals surface area contributed by atoms with Gasteiger partial charge in [0, 0.05) is 12.6 Å². The highest BCUT2D eigenvalue weighted by Crippen LogP contribution is 2.29. The van der Waals surface area contributed by atoms with Gasteiger partial charge in [0.15, 0.2) is 0 Å². The topological polar surface area (TPSA) is 63.4 Å². The SMILES string of the molecule is CC1CCCCCN1S(=O)(=O)c1c(N)cccc1F. The van der Waals surface area contributed by atoms with Gasteiger partial charge in [-0.05, 0) is 31.9 Å². The quantitative estimate of drug-likeness (QED) is 0.849. The summed E-state index contributed by atoms with van der Waals surface area (Å²) in [7, 11) is -3.86. The monoisotopic (exact) mass is 286 g/mol. The Morgan fingerprint density at radius 2 is 2.05 bits per heavy atom. The zero-order valence-electron chi connectivity index (χ0n) is 11.0. The van der Waals surface area contributed by atoms with Gasteiger partial charge in [0.1, 0.15) is 10.7 Å². The third kappa shape index (κ3) is 2.74. The Kier molecular flexibility index (Phi) is 4.10. The van der Waals surface area contributed by atoms with Crippen LogP contribution in [-0.2, 0) is 10.0 Å². The summed E-state index contributed by atoms with van der Waals surface area (Å²) in [6.45, 7) is 2.29. The van der Waals surface area contributed by atoms with Gasteiger partial charge in [0.25, 0.3) is 0 Å². The maximum Gasteiger partial charge on any atom is 0.248 e. The molecule has 1 aliphatic rings. The van der Waals surface area contributed by atoms with Crippen LogP contribution in [0.3, 0.4) is 0 Å². The molecule has 1 fully saturated rings.